The van der Waals surface area contributed by atoms with Crippen LogP contribution in [0.4, 0.5) is 4.79 Å². The standard InChI is InChI=1S/C18H23N3O2/c1-18(2,3)23-17(22)21-15-7-5-14(6-8-15)16-9-4-13(10-11-19)12-20-16/h4-5,9,12,15H,6-8,10H2,1-3H3,(H,21,22). The number of hydrogen-bond acceptors (Lipinski definition) is 4. The zero-order chi connectivity index (χ0) is 16.9. The zero-order valence-corrected chi connectivity index (χ0v) is 13.9. The van der Waals surface area contributed by atoms with Gasteiger partial charge in [-0.25, -0.2) is 4.79 Å². The van der Waals surface area contributed by atoms with E-state index in [0.29, 0.717) is 6.42 Å². The number of nitrogens with zero attached hydrogens (tertiary/aromatic N) is 2. The van der Waals surface area contributed by atoms with Gasteiger partial charge >= 0.3 is 6.09 Å². The monoisotopic (exact) mass is 313 g/mol. The van der Waals surface area contributed by atoms with Crippen LogP contribution in [0.1, 0.15) is 51.3 Å². The van der Waals surface area contributed by atoms with Crippen molar-refractivity contribution in [1.29, 1.82) is 5.26 Å². The van der Waals surface area contributed by atoms with Crippen molar-refractivity contribution in [3.63, 3.8) is 0 Å². The van der Waals surface area contributed by atoms with E-state index in [4.69, 9.17) is 10.00 Å². The topological polar surface area (TPSA) is 75.0 Å². The van der Waals surface area contributed by atoms with Crippen molar-refractivity contribution < 1.29 is 9.53 Å². The highest BCUT2D eigenvalue weighted by Gasteiger charge is 2.21. The van der Waals surface area contributed by atoms with Crippen molar-refractivity contribution >= 4 is 11.7 Å². The second-order valence-corrected chi connectivity index (χ2v) is 6.73. The Kier molecular flexibility index (Phi) is 5.38. The number of nitrogens with one attached hydrogen (secondary N) is 1. The Hall–Kier alpha value is -2.35. The maximum absolute atomic E-state index is 11.8. The summed E-state index contributed by atoms with van der Waals surface area (Å²) >= 11 is 0. The van der Waals surface area contributed by atoms with Crippen LogP contribution >= 0.6 is 0 Å². The number of alkyl carbamates (subject to hydrolysis) is 1. The summed E-state index contributed by atoms with van der Waals surface area (Å²) in [4.78, 5) is 16.2. The summed E-state index contributed by atoms with van der Waals surface area (Å²) in [5.41, 5.74) is 2.59. The van der Waals surface area contributed by atoms with E-state index >= 15 is 0 Å². The lowest BCUT2D eigenvalue weighted by molar-refractivity contribution is 0.0502. The smallest absolute Gasteiger partial charge is 0.407 e. The van der Waals surface area contributed by atoms with Crippen LogP contribution in [0, 0.1) is 11.3 Å². The minimum absolute atomic E-state index is 0.103. The second kappa shape index (κ2) is 7.28. The fraction of sp³-hybridized carbons (Fsp3) is 0.500. The average Bonchev–Trinajstić information content (AvgIpc) is 2.47. The molecule has 0 saturated carbocycles. The fourth-order valence-corrected chi connectivity index (χ4v) is 2.48. The van der Waals surface area contributed by atoms with Crippen LogP contribution in [-0.4, -0.2) is 22.7 Å². The molecular formula is C18H23N3O2. The molecule has 0 aliphatic heterocycles. The van der Waals surface area contributed by atoms with E-state index in [-0.39, 0.29) is 12.1 Å². The Bertz CT molecular complexity index is 621. The average molecular weight is 313 g/mol. The highest BCUT2D eigenvalue weighted by molar-refractivity contribution is 5.69. The predicted octanol–water partition coefficient (Wildman–Crippen LogP) is 3.61. The predicted molar refractivity (Wildman–Crippen MR) is 88.5 cm³/mol. The quantitative estimate of drug-likeness (QED) is 0.925. The molecule has 0 aromatic carbocycles. The summed E-state index contributed by atoms with van der Waals surface area (Å²) in [7, 11) is 0. The molecule has 1 unspecified atom stereocenters. The second-order valence-electron chi connectivity index (χ2n) is 6.73. The lowest BCUT2D eigenvalue weighted by Gasteiger charge is -2.25. The van der Waals surface area contributed by atoms with Crippen LogP contribution in [0.2, 0.25) is 0 Å². The van der Waals surface area contributed by atoms with Crippen molar-refractivity contribution in [2.24, 2.45) is 0 Å². The third-order valence-electron chi connectivity index (χ3n) is 3.57. The van der Waals surface area contributed by atoms with Gasteiger partial charge in [-0.2, -0.15) is 5.26 Å². The van der Waals surface area contributed by atoms with Gasteiger partial charge in [-0.1, -0.05) is 12.1 Å². The molecule has 1 amide bonds. The molecule has 0 fully saturated rings. The first-order valence-corrected chi connectivity index (χ1v) is 7.88. The molecule has 1 atom stereocenters. The van der Waals surface area contributed by atoms with Gasteiger partial charge < -0.3 is 10.1 Å². The van der Waals surface area contributed by atoms with Gasteiger partial charge in [0.15, 0.2) is 0 Å². The van der Waals surface area contributed by atoms with Crippen LogP contribution in [0.5, 0.6) is 0 Å². The van der Waals surface area contributed by atoms with Crippen LogP contribution in [0.3, 0.4) is 0 Å². The first-order chi connectivity index (χ1) is 10.9. The lowest BCUT2D eigenvalue weighted by atomic mass is 9.93. The first-order valence-electron chi connectivity index (χ1n) is 7.88. The number of carbonyl (C=O) groups is 1. The van der Waals surface area contributed by atoms with Gasteiger partial charge in [-0.15, -0.1) is 0 Å². The molecule has 1 aliphatic carbocycles. The third kappa shape index (κ3) is 5.41. The molecule has 1 N–H and O–H groups in total. The Morgan fingerprint density at radius 3 is 2.78 bits per heavy atom. The molecule has 0 spiro atoms. The van der Waals surface area contributed by atoms with Gasteiger partial charge in [0.1, 0.15) is 5.60 Å². The van der Waals surface area contributed by atoms with E-state index in [2.05, 4.69) is 22.4 Å². The number of pyridine rings is 1. The molecule has 2 rings (SSSR count). The van der Waals surface area contributed by atoms with E-state index in [9.17, 15) is 4.79 Å². The van der Waals surface area contributed by atoms with E-state index in [1.807, 2.05) is 32.9 Å². The maximum atomic E-state index is 11.8. The molecule has 1 aliphatic rings. The van der Waals surface area contributed by atoms with Crippen LogP contribution in [-0.2, 0) is 11.2 Å². The van der Waals surface area contributed by atoms with Crippen LogP contribution < -0.4 is 5.32 Å². The van der Waals surface area contributed by atoms with Gasteiger partial charge in [0.05, 0.1) is 18.2 Å². The molecule has 5 heteroatoms. The molecule has 1 aromatic rings. The molecule has 0 saturated heterocycles. The summed E-state index contributed by atoms with van der Waals surface area (Å²) in [6.45, 7) is 5.56. The number of hydrogen-bond donors (Lipinski definition) is 1. The van der Waals surface area contributed by atoms with E-state index in [1.54, 1.807) is 6.20 Å². The van der Waals surface area contributed by atoms with Gasteiger partial charge in [-0.05, 0) is 57.2 Å². The SMILES string of the molecule is CC(C)(C)OC(=O)NC1CC=C(c2ccc(CC#N)cn2)CC1. The fourth-order valence-electron chi connectivity index (χ4n) is 2.48. The van der Waals surface area contributed by atoms with Gasteiger partial charge in [0.25, 0.3) is 0 Å². The summed E-state index contributed by atoms with van der Waals surface area (Å²) in [5, 5.41) is 11.6. The highest BCUT2D eigenvalue weighted by atomic mass is 16.6. The van der Waals surface area contributed by atoms with Crippen LogP contribution in [0.25, 0.3) is 5.57 Å². The number of amides is 1. The summed E-state index contributed by atoms with van der Waals surface area (Å²) in [6, 6.07) is 6.12. The largest absolute Gasteiger partial charge is 0.444 e. The van der Waals surface area contributed by atoms with E-state index < -0.39 is 5.60 Å². The summed E-state index contributed by atoms with van der Waals surface area (Å²) in [5.74, 6) is 0. The Balaban J connectivity index is 1.90. The number of ether oxygens (including phenoxy) is 1. The molecule has 122 valence electrons. The summed E-state index contributed by atoms with van der Waals surface area (Å²) < 4.78 is 5.28. The van der Waals surface area contributed by atoms with Crippen molar-refractivity contribution in [2.45, 2.75) is 58.1 Å². The van der Waals surface area contributed by atoms with Crippen molar-refractivity contribution in [2.75, 3.05) is 0 Å². The number of aromatic nitrogens is 1. The Morgan fingerprint density at radius 1 is 1.48 bits per heavy atom. The van der Waals surface area contributed by atoms with Crippen molar-refractivity contribution in [1.82, 2.24) is 10.3 Å². The molecule has 1 aromatic heterocycles. The van der Waals surface area contributed by atoms with Crippen molar-refractivity contribution in [3.05, 3.63) is 35.7 Å². The molecule has 1 heterocycles. The number of nitriles is 1. The zero-order valence-electron chi connectivity index (χ0n) is 13.9. The van der Waals surface area contributed by atoms with E-state index in [1.165, 1.54) is 5.57 Å². The minimum Gasteiger partial charge on any atom is -0.444 e. The molecule has 0 radical (unpaired) electrons. The Morgan fingerprint density at radius 2 is 2.26 bits per heavy atom. The normalized spacial score (nSPS) is 17.8. The van der Waals surface area contributed by atoms with Gasteiger partial charge in [0, 0.05) is 12.2 Å². The lowest BCUT2D eigenvalue weighted by Crippen LogP contribution is -2.39. The van der Waals surface area contributed by atoms with Crippen molar-refractivity contribution in [3.8, 4) is 6.07 Å². The molecule has 5 nitrogen and oxygen atoms in total. The third-order valence-corrected chi connectivity index (χ3v) is 3.57. The summed E-state index contributed by atoms with van der Waals surface area (Å²) in [6.07, 6.45) is 6.41. The van der Waals surface area contributed by atoms with E-state index in [0.717, 1.165) is 30.5 Å². The Labute approximate surface area is 137 Å². The molecule has 0 bridgehead atoms. The number of rotatable bonds is 3. The maximum Gasteiger partial charge on any atom is 0.407 e. The number of carbonyl (C=O) groups excluding carboxylic acids is 1. The van der Waals surface area contributed by atoms with Crippen LogP contribution in [0.15, 0.2) is 24.4 Å². The molecule has 23 heavy (non-hydrogen) atoms. The first kappa shape index (κ1) is 17.0. The minimum atomic E-state index is -0.477. The van der Waals surface area contributed by atoms with Gasteiger partial charge in [0.2, 0.25) is 0 Å². The van der Waals surface area contributed by atoms with Gasteiger partial charge in [-0.3, -0.25) is 4.98 Å². The highest BCUT2D eigenvalue weighted by Crippen LogP contribution is 2.26. The number of allylic oxidation sites excluding steroid dienone is 1. The molecular weight excluding hydrogens is 290 g/mol.